The number of rotatable bonds is 2. The molecule has 12 heavy (non-hydrogen) atoms. The Balaban J connectivity index is 3.09. The van der Waals surface area contributed by atoms with Gasteiger partial charge in [-0.3, -0.25) is 4.79 Å². The van der Waals surface area contributed by atoms with Crippen LogP contribution in [-0.4, -0.2) is 11.6 Å². The molecule has 0 saturated heterocycles. The lowest BCUT2D eigenvalue weighted by atomic mass is 10.2. The molecule has 0 radical (unpaired) electrons. The molecule has 0 saturated carbocycles. The number of phenolic OH excluding ortho intramolecular Hbond substituents is 1. The predicted molar refractivity (Wildman–Crippen MR) is 39.5 cm³/mol. The van der Waals surface area contributed by atoms with Gasteiger partial charge in [0.1, 0.15) is 0 Å². The molecule has 0 fully saturated rings. The van der Waals surface area contributed by atoms with Crippen LogP contribution in [0.1, 0.15) is 5.56 Å². The smallest absolute Gasteiger partial charge is 0.298 e. The van der Waals surface area contributed by atoms with Gasteiger partial charge < -0.3 is 9.84 Å². The number of hydrogen-bond donors (Lipinski definition) is 1. The first-order chi connectivity index (χ1) is 5.77. The average Bonchev–Trinajstić information content (AvgIpc) is 2.09. The van der Waals surface area contributed by atoms with Crippen LogP contribution in [-0.2, 0) is 4.79 Å². The molecule has 0 aromatic heterocycles. The van der Waals surface area contributed by atoms with E-state index in [1.807, 2.05) is 6.07 Å². The van der Waals surface area contributed by atoms with E-state index in [0.717, 1.165) is 0 Å². The fourth-order valence-corrected chi connectivity index (χ4v) is 0.730. The van der Waals surface area contributed by atoms with Crippen molar-refractivity contribution in [3.8, 4) is 17.6 Å². The zero-order valence-electron chi connectivity index (χ0n) is 6.02. The number of hydrogen-bond acceptors (Lipinski definition) is 4. The zero-order valence-corrected chi connectivity index (χ0v) is 6.02. The Bertz CT molecular complexity index is 341. The van der Waals surface area contributed by atoms with E-state index >= 15 is 0 Å². The highest BCUT2D eigenvalue weighted by molar-refractivity contribution is 5.53. The maximum Gasteiger partial charge on any atom is 0.298 e. The number of nitrogens with zero attached hydrogens (tertiary/aromatic N) is 1. The number of nitriles is 1. The van der Waals surface area contributed by atoms with Crippen LogP contribution in [0.3, 0.4) is 0 Å². The first-order valence-corrected chi connectivity index (χ1v) is 3.11. The molecule has 0 bridgehead atoms. The predicted octanol–water partition coefficient (Wildman–Crippen LogP) is 0.799. The van der Waals surface area contributed by atoms with Gasteiger partial charge in [-0.15, -0.1) is 0 Å². The SMILES string of the molecule is N#Cc1ccc(O)c(OC=O)c1. The van der Waals surface area contributed by atoms with Gasteiger partial charge in [0.2, 0.25) is 0 Å². The van der Waals surface area contributed by atoms with Gasteiger partial charge in [0.15, 0.2) is 11.5 Å². The first kappa shape index (κ1) is 8.08. The number of benzene rings is 1. The van der Waals surface area contributed by atoms with Crippen LogP contribution in [0.4, 0.5) is 0 Å². The molecule has 1 aromatic rings. The normalized spacial score (nSPS) is 8.58. The fourth-order valence-electron chi connectivity index (χ4n) is 0.730. The van der Waals surface area contributed by atoms with Crippen molar-refractivity contribution in [3.05, 3.63) is 23.8 Å². The van der Waals surface area contributed by atoms with Crippen LogP contribution in [0.15, 0.2) is 18.2 Å². The Morgan fingerprint density at radius 1 is 1.58 bits per heavy atom. The lowest BCUT2D eigenvalue weighted by molar-refractivity contribution is -0.120. The van der Waals surface area contributed by atoms with E-state index in [1.165, 1.54) is 18.2 Å². The molecule has 1 N–H and O–H groups in total. The Morgan fingerprint density at radius 3 is 2.92 bits per heavy atom. The van der Waals surface area contributed by atoms with Crippen LogP contribution in [0, 0.1) is 11.3 Å². The molecule has 1 rings (SSSR count). The average molecular weight is 163 g/mol. The molecule has 60 valence electrons. The number of phenols is 1. The first-order valence-electron chi connectivity index (χ1n) is 3.11. The third kappa shape index (κ3) is 1.52. The van der Waals surface area contributed by atoms with Crippen LogP contribution >= 0.6 is 0 Å². The molecule has 0 aliphatic rings. The molecule has 0 aliphatic carbocycles. The Kier molecular flexibility index (Phi) is 2.29. The molecule has 4 nitrogen and oxygen atoms in total. The summed E-state index contributed by atoms with van der Waals surface area (Å²) in [6, 6.07) is 5.84. The maximum atomic E-state index is 9.91. The summed E-state index contributed by atoms with van der Waals surface area (Å²) in [5, 5.41) is 17.5. The van der Waals surface area contributed by atoms with Gasteiger partial charge >= 0.3 is 0 Å². The van der Waals surface area contributed by atoms with Gasteiger partial charge in [0, 0.05) is 6.07 Å². The van der Waals surface area contributed by atoms with E-state index in [-0.39, 0.29) is 18.0 Å². The molecule has 0 aliphatic heterocycles. The van der Waals surface area contributed by atoms with Crippen molar-refractivity contribution in [2.75, 3.05) is 0 Å². The molecule has 0 spiro atoms. The summed E-state index contributed by atoms with van der Waals surface area (Å²) in [4.78, 5) is 9.91. The van der Waals surface area contributed by atoms with E-state index in [1.54, 1.807) is 0 Å². The summed E-state index contributed by atoms with van der Waals surface area (Å²) < 4.78 is 4.40. The van der Waals surface area contributed by atoms with Crippen molar-refractivity contribution in [1.82, 2.24) is 0 Å². The Morgan fingerprint density at radius 2 is 2.33 bits per heavy atom. The van der Waals surface area contributed by atoms with Crippen molar-refractivity contribution >= 4 is 6.47 Å². The second-order valence-electron chi connectivity index (χ2n) is 2.01. The molecule has 0 unspecified atom stereocenters. The molecule has 1 aromatic carbocycles. The van der Waals surface area contributed by atoms with Gasteiger partial charge in [0.25, 0.3) is 6.47 Å². The van der Waals surface area contributed by atoms with Gasteiger partial charge in [-0.2, -0.15) is 5.26 Å². The summed E-state index contributed by atoms with van der Waals surface area (Å²) in [7, 11) is 0. The number of aromatic hydroxyl groups is 1. The topological polar surface area (TPSA) is 70.3 Å². The van der Waals surface area contributed by atoms with E-state index < -0.39 is 0 Å². The number of carbonyl (C=O) groups is 1. The summed E-state index contributed by atoms with van der Waals surface area (Å²) in [6.07, 6.45) is 0. The highest BCUT2D eigenvalue weighted by atomic mass is 16.5. The molecule has 0 amide bonds. The largest absolute Gasteiger partial charge is 0.504 e. The minimum Gasteiger partial charge on any atom is -0.504 e. The monoisotopic (exact) mass is 163 g/mol. The molecule has 4 heteroatoms. The highest BCUT2D eigenvalue weighted by Gasteiger charge is 2.02. The molecular formula is C8H5NO3. The van der Waals surface area contributed by atoms with Gasteiger partial charge in [-0.05, 0) is 12.1 Å². The lowest BCUT2D eigenvalue weighted by Crippen LogP contribution is -1.89. The Hall–Kier alpha value is -2.02. The fraction of sp³-hybridized carbons (Fsp3) is 0. The number of carbonyl (C=O) groups excluding carboxylic acids is 1. The molecule has 0 atom stereocenters. The second-order valence-corrected chi connectivity index (χ2v) is 2.01. The van der Waals surface area contributed by atoms with Crippen molar-refractivity contribution < 1.29 is 14.6 Å². The molecular weight excluding hydrogens is 158 g/mol. The van der Waals surface area contributed by atoms with Crippen molar-refractivity contribution in [2.24, 2.45) is 0 Å². The lowest BCUT2D eigenvalue weighted by Gasteiger charge is -1.99. The summed E-state index contributed by atoms with van der Waals surface area (Å²) in [5.41, 5.74) is 0.324. The van der Waals surface area contributed by atoms with Crippen molar-refractivity contribution in [3.63, 3.8) is 0 Å². The van der Waals surface area contributed by atoms with Gasteiger partial charge in [0.05, 0.1) is 11.6 Å². The van der Waals surface area contributed by atoms with Gasteiger partial charge in [-0.25, -0.2) is 0 Å². The maximum absolute atomic E-state index is 9.91. The second kappa shape index (κ2) is 3.39. The van der Waals surface area contributed by atoms with Crippen molar-refractivity contribution in [1.29, 1.82) is 5.26 Å². The number of ether oxygens (including phenoxy) is 1. The summed E-state index contributed by atoms with van der Waals surface area (Å²) in [5.74, 6) is -0.176. The summed E-state index contributed by atoms with van der Waals surface area (Å²) >= 11 is 0. The quantitative estimate of drug-likeness (QED) is 0.654. The highest BCUT2D eigenvalue weighted by Crippen LogP contribution is 2.25. The van der Waals surface area contributed by atoms with Crippen molar-refractivity contribution in [2.45, 2.75) is 0 Å². The van der Waals surface area contributed by atoms with Crippen LogP contribution < -0.4 is 4.74 Å². The Labute approximate surface area is 68.6 Å². The third-order valence-electron chi connectivity index (χ3n) is 1.26. The van der Waals surface area contributed by atoms with E-state index in [4.69, 9.17) is 10.4 Å². The van der Waals surface area contributed by atoms with E-state index in [9.17, 15) is 4.79 Å². The van der Waals surface area contributed by atoms with E-state index in [2.05, 4.69) is 4.74 Å². The van der Waals surface area contributed by atoms with Crippen LogP contribution in [0.5, 0.6) is 11.5 Å². The van der Waals surface area contributed by atoms with Gasteiger partial charge in [-0.1, -0.05) is 0 Å². The van der Waals surface area contributed by atoms with Crippen LogP contribution in [0.25, 0.3) is 0 Å². The standard InChI is InChI=1S/C8H5NO3/c9-4-6-1-2-7(11)8(3-6)12-5-10/h1-3,5,11H. The summed E-state index contributed by atoms with van der Waals surface area (Å²) in [6.45, 7) is 0.191. The molecule has 0 heterocycles. The zero-order chi connectivity index (χ0) is 8.97. The minimum absolute atomic E-state index is 0.0101. The van der Waals surface area contributed by atoms with E-state index in [0.29, 0.717) is 5.56 Å². The third-order valence-corrected chi connectivity index (χ3v) is 1.26. The minimum atomic E-state index is -0.166. The van der Waals surface area contributed by atoms with Crippen LogP contribution in [0.2, 0.25) is 0 Å².